The number of benzene rings is 1. The van der Waals surface area contributed by atoms with Crippen LogP contribution in [0.2, 0.25) is 0 Å². The molecule has 2 amide bonds. The lowest BCUT2D eigenvalue weighted by Crippen LogP contribution is -2.40. The molecule has 1 heterocycles. The summed E-state index contributed by atoms with van der Waals surface area (Å²) in [5, 5.41) is 2.59. The van der Waals surface area contributed by atoms with Crippen LogP contribution in [0.4, 0.5) is 5.69 Å². The van der Waals surface area contributed by atoms with Gasteiger partial charge in [-0.3, -0.25) is 9.59 Å². The number of anilines is 1. The monoisotopic (exact) mass is 340 g/mol. The molecular formula is C14H17BrN2O3. The minimum absolute atomic E-state index is 0.0441. The minimum Gasteiger partial charge on any atom is -0.376 e. The van der Waals surface area contributed by atoms with Crippen molar-refractivity contribution < 1.29 is 14.3 Å². The second-order valence-corrected chi connectivity index (χ2v) is 5.70. The average Bonchev–Trinajstić information content (AvgIpc) is 2.90. The smallest absolute Gasteiger partial charge is 0.313 e. The lowest BCUT2D eigenvalue weighted by atomic mass is 10.2. The first-order valence-corrected chi connectivity index (χ1v) is 7.29. The Hall–Kier alpha value is -1.40. The van der Waals surface area contributed by atoms with Crippen LogP contribution in [-0.2, 0) is 14.3 Å². The molecule has 1 aromatic rings. The molecule has 0 radical (unpaired) electrons. The Bertz CT molecular complexity index is 501. The molecule has 0 unspecified atom stereocenters. The highest BCUT2D eigenvalue weighted by atomic mass is 79.9. The minimum atomic E-state index is -0.636. The van der Waals surface area contributed by atoms with Gasteiger partial charge in [-0.15, -0.1) is 0 Å². The van der Waals surface area contributed by atoms with E-state index in [4.69, 9.17) is 4.74 Å². The lowest BCUT2D eigenvalue weighted by Gasteiger charge is -2.20. The Labute approximate surface area is 126 Å². The molecule has 5 nitrogen and oxygen atoms in total. The van der Waals surface area contributed by atoms with E-state index < -0.39 is 11.8 Å². The van der Waals surface area contributed by atoms with Gasteiger partial charge in [0.1, 0.15) is 0 Å². The first kappa shape index (κ1) is 15.0. The number of likely N-dealkylation sites (N-methyl/N-ethyl adjacent to an activating group) is 1. The van der Waals surface area contributed by atoms with Gasteiger partial charge in [-0.25, -0.2) is 0 Å². The molecule has 1 fully saturated rings. The van der Waals surface area contributed by atoms with E-state index in [9.17, 15) is 9.59 Å². The van der Waals surface area contributed by atoms with Crippen molar-refractivity contribution in [1.29, 1.82) is 0 Å². The van der Waals surface area contributed by atoms with Gasteiger partial charge in [-0.1, -0.05) is 22.0 Å². The maximum Gasteiger partial charge on any atom is 0.313 e. The predicted octanol–water partition coefficient (Wildman–Crippen LogP) is 2.02. The summed E-state index contributed by atoms with van der Waals surface area (Å²) in [6, 6.07) is 7.11. The average molecular weight is 341 g/mol. The molecule has 0 aliphatic carbocycles. The molecule has 1 aromatic carbocycles. The molecule has 0 aromatic heterocycles. The number of carbonyl (C=O) groups is 2. The maximum atomic E-state index is 12.0. The van der Waals surface area contributed by atoms with Crippen LogP contribution in [0.1, 0.15) is 12.8 Å². The summed E-state index contributed by atoms with van der Waals surface area (Å²) in [7, 11) is 1.62. The van der Waals surface area contributed by atoms with Gasteiger partial charge in [0.15, 0.2) is 0 Å². The standard InChI is InChI=1S/C14H17BrN2O3/c1-17(9-12-6-3-7-20-12)14(19)13(18)16-11-5-2-4-10(15)8-11/h2,4-5,8,12H,3,6-7,9H2,1H3,(H,16,18)/t12-/m0/s1. The summed E-state index contributed by atoms with van der Waals surface area (Å²) in [6.45, 7) is 1.18. The number of halogens is 1. The number of amides is 2. The highest BCUT2D eigenvalue weighted by Gasteiger charge is 2.24. The third kappa shape index (κ3) is 4.05. The van der Waals surface area contributed by atoms with Gasteiger partial charge in [-0.05, 0) is 31.0 Å². The molecule has 0 spiro atoms. The third-order valence-corrected chi connectivity index (χ3v) is 3.62. The summed E-state index contributed by atoms with van der Waals surface area (Å²) in [5.74, 6) is -1.19. The first-order chi connectivity index (χ1) is 9.56. The molecule has 2 rings (SSSR count). The molecule has 0 bridgehead atoms. The number of rotatable bonds is 3. The van der Waals surface area contributed by atoms with Crippen molar-refractivity contribution in [2.45, 2.75) is 18.9 Å². The molecule has 6 heteroatoms. The summed E-state index contributed by atoms with van der Waals surface area (Å²) in [4.78, 5) is 25.3. The summed E-state index contributed by atoms with van der Waals surface area (Å²) < 4.78 is 6.30. The van der Waals surface area contributed by atoms with Crippen LogP contribution in [0.3, 0.4) is 0 Å². The fourth-order valence-corrected chi connectivity index (χ4v) is 2.50. The molecule has 1 aliphatic rings. The van der Waals surface area contributed by atoms with Gasteiger partial charge in [0.05, 0.1) is 6.10 Å². The highest BCUT2D eigenvalue weighted by Crippen LogP contribution is 2.16. The fourth-order valence-electron chi connectivity index (χ4n) is 2.10. The second kappa shape index (κ2) is 6.85. The molecule has 20 heavy (non-hydrogen) atoms. The Balaban J connectivity index is 1.89. The van der Waals surface area contributed by atoms with E-state index in [-0.39, 0.29) is 6.10 Å². The normalized spacial score (nSPS) is 17.8. The van der Waals surface area contributed by atoms with Crippen LogP contribution in [0.15, 0.2) is 28.7 Å². The predicted molar refractivity (Wildman–Crippen MR) is 79.4 cm³/mol. The summed E-state index contributed by atoms with van der Waals surface area (Å²) in [5.41, 5.74) is 0.586. The van der Waals surface area contributed by atoms with Gasteiger partial charge in [0.2, 0.25) is 0 Å². The molecule has 1 saturated heterocycles. The van der Waals surface area contributed by atoms with Crippen LogP contribution in [-0.4, -0.2) is 43.0 Å². The van der Waals surface area contributed by atoms with Crippen molar-refractivity contribution in [3.05, 3.63) is 28.7 Å². The van der Waals surface area contributed by atoms with E-state index in [1.807, 2.05) is 6.07 Å². The zero-order valence-corrected chi connectivity index (χ0v) is 12.9. The largest absolute Gasteiger partial charge is 0.376 e. The van der Waals surface area contributed by atoms with Crippen LogP contribution in [0, 0.1) is 0 Å². The number of nitrogens with one attached hydrogen (secondary N) is 1. The van der Waals surface area contributed by atoms with Crippen LogP contribution < -0.4 is 5.32 Å². The van der Waals surface area contributed by atoms with E-state index in [1.165, 1.54) is 4.90 Å². The Morgan fingerprint density at radius 1 is 1.50 bits per heavy atom. The van der Waals surface area contributed by atoms with Crippen molar-refractivity contribution in [2.24, 2.45) is 0 Å². The van der Waals surface area contributed by atoms with E-state index in [1.54, 1.807) is 25.2 Å². The Kier molecular flexibility index (Phi) is 5.14. The van der Waals surface area contributed by atoms with Crippen LogP contribution in [0.5, 0.6) is 0 Å². The third-order valence-electron chi connectivity index (χ3n) is 3.12. The van der Waals surface area contributed by atoms with Crippen LogP contribution in [0.25, 0.3) is 0 Å². The lowest BCUT2D eigenvalue weighted by molar-refractivity contribution is -0.143. The van der Waals surface area contributed by atoms with Crippen molar-refractivity contribution in [3.63, 3.8) is 0 Å². The molecule has 108 valence electrons. The molecule has 1 N–H and O–H groups in total. The number of ether oxygens (including phenoxy) is 1. The first-order valence-electron chi connectivity index (χ1n) is 6.50. The molecule has 1 atom stereocenters. The topological polar surface area (TPSA) is 58.6 Å². The van der Waals surface area contributed by atoms with Crippen molar-refractivity contribution in [1.82, 2.24) is 4.90 Å². The van der Waals surface area contributed by atoms with Gasteiger partial charge in [-0.2, -0.15) is 0 Å². The fraction of sp³-hybridized carbons (Fsp3) is 0.429. The number of carbonyl (C=O) groups excluding carboxylic acids is 2. The number of nitrogens with zero attached hydrogens (tertiary/aromatic N) is 1. The van der Waals surface area contributed by atoms with E-state index >= 15 is 0 Å². The highest BCUT2D eigenvalue weighted by molar-refractivity contribution is 9.10. The summed E-state index contributed by atoms with van der Waals surface area (Å²) >= 11 is 3.31. The zero-order valence-electron chi connectivity index (χ0n) is 11.3. The van der Waals surface area contributed by atoms with Crippen molar-refractivity contribution >= 4 is 33.4 Å². The summed E-state index contributed by atoms with van der Waals surface area (Å²) in [6.07, 6.45) is 1.99. The molecular weight excluding hydrogens is 324 g/mol. The van der Waals surface area contributed by atoms with Gasteiger partial charge in [0, 0.05) is 30.4 Å². The van der Waals surface area contributed by atoms with Crippen molar-refractivity contribution in [2.75, 3.05) is 25.5 Å². The molecule has 1 aliphatic heterocycles. The number of hydrogen-bond acceptors (Lipinski definition) is 3. The van der Waals surface area contributed by atoms with E-state index in [0.717, 1.165) is 23.9 Å². The van der Waals surface area contributed by atoms with Gasteiger partial charge < -0.3 is 15.0 Å². The maximum absolute atomic E-state index is 12.0. The second-order valence-electron chi connectivity index (χ2n) is 4.79. The van der Waals surface area contributed by atoms with E-state index in [2.05, 4.69) is 21.2 Å². The van der Waals surface area contributed by atoms with E-state index in [0.29, 0.717) is 12.2 Å². The molecule has 0 saturated carbocycles. The quantitative estimate of drug-likeness (QED) is 0.856. The Morgan fingerprint density at radius 3 is 2.95 bits per heavy atom. The van der Waals surface area contributed by atoms with Gasteiger partial charge in [0.25, 0.3) is 0 Å². The van der Waals surface area contributed by atoms with Gasteiger partial charge >= 0.3 is 11.8 Å². The zero-order chi connectivity index (χ0) is 14.5. The van der Waals surface area contributed by atoms with Crippen LogP contribution >= 0.6 is 15.9 Å². The SMILES string of the molecule is CN(C[C@@H]1CCCO1)C(=O)C(=O)Nc1cccc(Br)c1. The number of hydrogen-bond donors (Lipinski definition) is 1. The Morgan fingerprint density at radius 2 is 2.30 bits per heavy atom. The van der Waals surface area contributed by atoms with Crippen molar-refractivity contribution in [3.8, 4) is 0 Å².